The van der Waals surface area contributed by atoms with Gasteiger partial charge in [-0.1, -0.05) is 35.3 Å². The van der Waals surface area contributed by atoms with E-state index in [9.17, 15) is 26.0 Å². The van der Waals surface area contributed by atoms with Gasteiger partial charge < -0.3 is 5.32 Å². The number of benzene rings is 3. The number of hydrogen-bond acceptors (Lipinski definition) is 5. The number of aryl methyl sites for hydroxylation is 1. The maximum atomic E-state index is 14.5. The number of halogens is 3. The number of amides is 1. The molecule has 0 aliphatic rings. The van der Waals surface area contributed by atoms with Crippen molar-refractivity contribution in [1.82, 2.24) is 8.61 Å². The van der Waals surface area contributed by atoms with E-state index in [0.717, 1.165) is 14.7 Å². The van der Waals surface area contributed by atoms with Crippen molar-refractivity contribution < 1.29 is 26.0 Å². The lowest BCUT2D eigenvalue weighted by atomic mass is 10.2. The van der Waals surface area contributed by atoms with Crippen molar-refractivity contribution >= 4 is 54.8 Å². The molecule has 0 aliphatic carbocycles. The standard InChI is InChI=1S/C24H24Cl2FN3O5S2/c1-16-7-10-19(36(32,33)29(2)3)13-23(16)28-24(31)15-30(14-20-21(26)5-4-6-22(20)27)37(34,35)18-11-8-17(25)9-12-18/h4-13H,14-15H2,1-3H3,(H,28,31). The fourth-order valence-corrected chi connectivity index (χ4v) is 5.94. The highest BCUT2D eigenvalue weighted by Gasteiger charge is 2.29. The number of carbonyl (C=O) groups is 1. The third-order valence-corrected chi connectivity index (χ3v) is 9.65. The summed E-state index contributed by atoms with van der Waals surface area (Å²) in [5.74, 6) is -1.51. The Hall–Kier alpha value is -2.54. The highest BCUT2D eigenvalue weighted by molar-refractivity contribution is 7.89. The Morgan fingerprint density at radius 3 is 2.14 bits per heavy atom. The third kappa shape index (κ3) is 6.67. The maximum absolute atomic E-state index is 14.5. The molecular formula is C24H24Cl2FN3O5S2. The largest absolute Gasteiger partial charge is 0.325 e. The molecule has 0 unspecified atom stereocenters. The maximum Gasteiger partial charge on any atom is 0.243 e. The van der Waals surface area contributed by atoms with Gasteiger partial charge in [0.1, 0.15) is 5.82 Å². The summed E-state index contributed by atoms with van der Waals surface area (Å²) in [5, 5.41) is 2.87. The average Bonchev–Trinajstić information content (AvgIpc) is 2.82. The molecule has 1 N–H and O–H groups in total. The SMILES string of the molecule is Cc1ccc(S(=O)(=O)N(C)C)cc1NC(=O)CN(Cc1c(F)cccc1Cl)S(=O)(=O)c1ccc(Cl)cc1. The van der Waals surface area contributed by atoms with Crippen LogP contribution in [0.15, 0.2) is 70.5 Å². The molecule has 37 heavy (non-hydrogen) atoms. The molecule has 3 aromatic rings. The molecule has 0 saturated carbocycles. The van der Waals surface area contributed by atoms with Crippen LogP contribution in [-0.4, -0.2) is 52.0 Å². The molecule has 0 saturated heterocycles. The van der Waals surface area contributed by atoms with E-state index in [1.165, 1.54) is 68.7 Å². The van der Waals surface area contributed by atoms with E-state index in [-0.39, 0.29) is 26.1 Å². The molecule has 0 radical (unpaired) electrons. The molecule has 0 fully saturated rings. The summed E-state index contributed by atoms with van der Waals surface area (Å²) in [6.45, 7) is 0.417. The fraction of sp³-hybridized carbons (Fsp3) is 0.208. The normalized spacial score (nSPS) is 12.2. The van der Waals surface area contributed by atoms with Crippen molar-refractivity contribution in [2.24, 2.45) is 0 Å². The number of rotatable bonds is 9. The van der Waals surface area contributed by atoms with Gasteiger partial charge in [-0.25, -0.2) is 25.5 Å². The summed E-state index contributed by atoms with van der Waals surface area (Å²) in [6.07, 6.45) is 0. The van der Waals surface area contributed by atoms with Gasteiger partial charge in [0.2, 0.25) is 26.0 Å². The van der Waals surface area contributed by atoms with E-state index >= 15 is 0 Å². The monoisotopic (exact) mass is 587 g/mol. The summed E-state index contributed by atoms with van der Waals surface area (Å²) < 4.78 is 68.2. The molecule has 0 heterocycles. The van der Waals surface area contributed by atoms with E-state index in [1.54, 1.807) is 6.92 Å². The van der Waals surface area contributed by atoms with Gasteiger partial charge in [-0.3, -0.25) is 4.79 Å². The lowest BCUT2D eigenvalue weighted by Crippen LogP contribution is -2.38. The highest BCUT2D eigenvalue weighted by Crippen LogP contribution is 2.26. The van der Waals surface area contributed by atoms with Crippen molar-refractivity contribution in [2.45, 2.75) is 23.3 Å². The van der Waals surface area contributed by atoms with E-state index in [2.05, 4.69) is 5.32 Å². The zero-order chi connectivity index (χ0) is 27.5. The van der Waals surface area contributed by atoms with E-state index < -0.39 is 44.9 Å². The van der Waals surface area contributed by atoms with Crippen LogP contribution in [0.2, 0.25) is 10.0 Å². The number of carbonyl (C=O) groups excluding carboxylic acids is 1. The van der Waals surface area contributed by atoms with E-state index in [0.29, 0.717) is 10.6 Å². The molecule has 8 nitrogen and oxygen atoms in total. The van der Waals surface area contributed by atoms with Crippen molar-refractivity contribution in [3.05, 3.63) is 87.7 Å². The van der Waals surface area contributed by atoms with Crippen LogP contribution in [0.5, 0.6) is 0 Å². The summed E-state index contributed by atoms with van der Waals surface area (Å²) >= 11 is 12.0. The topological polar surface area (TPSA) is 104 Å². The Bertz CT molecular complexity index is 1510. The van der Waals surface area contributed by atoms with Gasteiger partial charge in [0, 0.05) is 41.9 Å². The van der Waals surface area contributed by atoms with Gasteiger partial charge in [0.25, 0.3) is 0 Å². The first kappa shape index (κ1) is 29.0. The van der Waals surface area contributed by atoms with Gasteiger partial charge in [-0.05, 0) is 61.0 Å². The second-order valence-corrected chi connectivity index (χ2v) is 13.2. The molecule has 0 aromatic heterocycles. The van der Waals surface area contributed by atoms with Crippen LogP contribution in [0.25, 0.3) is 0 Å². The van der Waals surface area contributed by atoms with Gasteiger partial charge in [-0.2, -0.15) is 4.31 Å². The van der Waals surface area contributed by atoms with Crippen LogP contribution in [0.1, 0.15) is 11.1 Å². The Kier molecular flexibility index (Phi) is 8.99. The quantitative estimate of drug-likeness (QED) is 0.396. The number of nitrogens with one attached hydrogen (secondary N) is 1. The van der Waals surface area contributed by atoms with Crippen molar-refractivity contribution in [2.75, 3.05) is 26.0 Å². The van der Waals surface area contributed by atoms with Crippen LogP contribution in [0.3, 0.4) is 0 Å². The summed E-state index contributed by atoms with van der Waals surface area (Å²) in [6, 6.07) is 13.4. The van der Waals surface area contributed by atoms with E-state index in [4.69, 9.17) is 23.2 Å². The van der Waals surface area contributed by atoms with Crippen molar-refractivity contribution in [3.63, 3.8) is 0 Å². The lowest BCUT2D eigenvalue weighted by molar-refractivity contribution is -0.116. The number of anilines is 1. The van der Waals surface area contributed by atoms with Gasteiger partial charge in [0.15, 0.2) is 0 Å². The molecule has 3 aromatic carbocycles. The Balaban J connectivity index is 1.97. The zero-order valence-electron chi connectivity index (χ0n) is 20.1. The van der Waals surface area contributed by atoms with E-state index in [1.807, 2.05) is 0 Å². The molecule has 0 aliphatic heterocycles. The fourth-order valence-electron chi connectivity index (χ4n) is 3.30. The summed E-state index contributed by atoms with van der Waals surface area (Å²) in [5.41, 5.74) is 0.626. The molecule has 13 heteroatoms. The number of hydrogen-bond donors (Lipinski definition) is 1. The molecule has 0 spiro atoms. The molecule has 1 amide bonds. The minimum Gasteiger partial charge on any atom is -0.325 e. The molecule has 0 atom stereocenters. The average molecular weight is 589 g/mol. The van der Waals surface area contributed by atoms with Gasteiger partial charge in [0.05, 0.1) is 16.3 Å². The predicted octanol–water partition coefficient (Wildman–Crippen LogP) is 4.52. The predicted molar refractivity (Wildman–Crippen MR) is 141 cm³/mol. The summed E-state index contributed by atoms with van der Waals surface area (Å²) in [7, 11) is -5.33. The third-order valence-electron chi connectivity index (χ3n) is 5.43. The van der Waals surface area contributed by atoms with Gasteiger partial charge in [-0.15, -0.1) is 0 Å². The van der Waals surface area contributed by atoms with Gasteiger partial charge >= 0.3 is 0 Å². The minimum atomic E-state index is -4.30. The van der Waals surface area contributed by atoms with Crippen LogP contribution in [0.4, 0.5) is 10.1 Å². The first-order valence-corrected chi connectivity index (χ1v) is 14.4. The molecular weight excluding hydrogens is 564 g/mol. The second kappa shape index (κ2) is 11.5. The summed E-state index contributed by atoms with van der Waals surface area (Å²) in [4.78, 5) is 12.8. The smallest absolute Gasteiger partial charge is 0.243 e. The Morgan fingerprint density at radius 1 is 0.919 bits per heavy atom. The van der Waals surface area contributed by atoms with Crippen LogP contribution >= 0.6 is 23.2 Å². The number of nitrogens with zero attached hydrogens (tertiary/aromatic N) is 2. The van der Waals surface area contributed by atoms with Crippen LogP contribution in [-0.2, 0) is 31.4 Å². The zero-order valence-corrected chi connectivity index (χ0v) is 23.2. The van der Waals surface area contributed by atoms with Crippen molar-refractivity contribution in [3.8, 4) is 0 Å². The highest BCUT2D eigenvalue weighted by atomic mass is 35.5. The lowest BCUT2D eigenvalue weighted by Gasteiger charge is -2.23. The first-order valence-electron chi connectivity index (χ1n) is 10.7. The van der Waals surface area contributed by atoms with Crippen LogP contribution < -0.4 is 5.32 Å². The minimum absolute atomic E-state index is 0.00541. The Labute approximate surface area is 225 Å². The molecule has 3 rings (SSSR count). The van der Waals surface area contributed by atoms with Crippen molar-refractivity contribution in [1.29, 1.82) is 0 Å². The van der Waals surface area contributed by atoms with Crippen LogP contribution in [0, 0.1) is 12.7 Å². The molecule has 0 bridgehead atoms. The Morgan fingerprint density at radius 2 is 1.54 bits per heavy atom. The number of sulfonamides is 2. The molecule has 198 valence electrons. The first-order chi connectivity index (χ1) is 17.2. The second-order valence-electron chi connectivity index (χ2n) is 8.24.